The maximum Gasteiger partial charge on any atom is 0.211 e. The van der Waals surface area contributed by atoms with Gasteiger partial charge in [0.25, 0.3) is 0 Å². The van der Waals surface area contributed by atoms with Gasteiger partial charge in [-0.2, -0.15) is 0 Å². The monoisotopic (exact) mass is 258 g/mol. The van der Waals surface area contributed by atoms with Crippen molar-refractivity contribution in [1.29, 1.82) is 0 Å². The Labute approximate surface area is 112 Å². The minimum Gasteiger partial charge on any atom is -0.493 e. The molecule has 0 aliphatic carbocycles. The molecule has 4 nitrogen and oxygen atoms in total. The third kappa shape index (κ3) is 2.73. The second kappa shape index (κ2) is 5.52. The normalized spacial score (nSPS) is 10.1. The van der Waals surface area contributed by atoms with Crippen LogP contribution >= 0.6 is 0 Å². The molecule has 0 amide bonds. The highest BCUT2D eigenvalue weighted by Gasteiger charge is 2.13. The molecule has 0 saturated carbocycles. The van der Waals surface area contributed by atoms with Gasteiger partial charge in [-0.3, -0.25) is 0 Å². The van der Waals surface area contributed by atoms with Crippen molar-refractivity contribution in [2.24, 2.45) is 0 Å². The van der Waals surface area contributed by atoms with E-state index in [1.165, 1.54) is 0 Å². The van der Waals surface area contributed by atoms with Crippen LogP contribution in [0.1, 0.15) is 5.56 Å². The van der Waals surface area contributed by atoms with Gasteiger partial charge in [0, 0.05) is 5.69 Å². The molecule has 4 heteroatoms. The molecule has 0 spiro atoms. The number of nitrogen functional groups attached to an aromatic ring is 1. The van der Waals surface area contributed by atoms with Gasteiger partial charge in [-0.15, -0.1) is 0 Å². The summed E-state index contributed by atoms with van der Waals surface area (Å²) in [5.41, 5.74) is 7.36. The number of rotatable bonds is 4. The maximum atomic E-state index is 5.88. The van der Waals surface area contributed by atoms with Crippen LogP contribution in [0.4, 0.5) is 5.69 Å². The molecule has 0 unspecified atom stereocenters. The second-order valence-corrected chi connectivity index (χ2v) is 4.05. The predicted molar refractivity (Wildman–Crippen MR) is 74.0 cm³/mol. The average molecular weight is 258 g/mol. The quantitative estimate of drug-likeness (QED) is 0.856. The molecule has 2 aromatic carbocycles. The van der Waals surface area contributed by atoms with Crippen molar-refractivity contribution >= 4 is 5.69 Å². The number of nitrogens with two attached hydrogens (primary N) is 1. The molecule has 0 heterocycles. The highest BCUT2D eigenvalue weighted by molar-refractivity contribution is 5.55. The Kier molecular flexibility index (Phi) is 3.80. The van der Waals surface area contributed by atoms with Crippen molar-refractivity contribution in [1.82, 2.24) is 0 Å². The van der Waals surface area contributed by atoms with Crippen molar-refractivity contribution in [3.05, 3.63) is 42.0 Å². The van der Waals surface area contributed by atoms with Crippen LogP contribution in [-0.2, 0) is 0 Å². The first kappa shape index (κ1) is 13.1. The van der Waals surface area contributed by atoms with Crippen LogP contribution in [0.3, 0.4) is 0 Å². The summed E-state index contributed by atoms with van der Waals surface area (Å²) in [7, 11) is 3.15. The van der Waals surface area contributed by atoms with E-state index >= 15 is 0 Å². The summed E-state index contributed by atoms with van der Waals surface area (Å²) >= 11 is 0. The summed E-state index contributed by atoms with van der Waals surface area (Å²) in [5, 5.41) is 0. The minimum absolute atomic E-state index is 0.525. The molecular formula is C15H16NO3. The minimum atomic E-state index is 0.525. The smallest absolute Gasteiger partial charge is 0.211 e. The molecular weight excluding hydrogens is 242 g/mol. The number of benzene rings is 2. The van der Waals surface area contributed by atoms with Gasteiger partial charge < -0.3 is 19.9 Å². The van der Waals surface area contributed by atoms with Gasteiger partial charge in [0.2, 0.25) is 5.75 Å². The molecule has 0 bridgehead atoms. The summed E-state index contributed by atoms with van der Waals surface area (Å²) in [6, 6.07) is 11.8. The SMILES string of the molecule is COc1c[c]cc(OC)c1Oc1ccc(N)cc1C. The Hall–Kier alpha value is -2.36. The first-order valence-electron chi connectivity index (χ1n) is 5.81. The van der Waals surface area contributed by atoms with Gasteiger partial charge in [0.1, 0.15) is 5.75 Å². The Morgan fingerprint density at radius 1 is 1.00 bits per heavy atom. The van der Waals surface area contributed by atoms with E-state index in [4.69, 9.17) is 19.9 Å². The van der Waals surface area contributed by atoms with Crippen LogP contribution in [0.25, 0.3) is 0 Å². The van der Waals surface area contributed by atoms with Crippen molar-refractivity contribution in [2.45, 2.75) is 6.92 Å². The summed E-state index contributed by atoms with van der Waals surface area (Å²) in [6.45, 7) is 1.93. The molecule has 2 rings (SSSR count). The zero-order chi connectivity index (χ0) is 13.8. The van der Waals surface area contributed by atoms with Crippen molar-refractivity contribution in [3.8, 4) is 23.0 Å². The van der Waals surface area contributed by atoms with Crippen LogP contribution in [0, 0.1) is 13.0 Å². The summed E-state index contributed by atoms with van der Waals surface area (Å²) in [6.07, 6.45) is 0. The third-order valence-corrected chi connectivity index (χ3v) is 2.73. The van der Waals surface area contributed by atoms with E-state index in [1.54, 1.807) is 32.4 Å². The van der Waals surface area contributed by atoms with Crippen molar-refractivity contribution < 1.29 is 14.2 Å². The molecule has 0 aliphatic rings. The van der Waals surface area contributed by atoms with Crippen LogP contribution in [0.2, 0.25) is 0 Å². The zero-order valence-electron chi connectivity index (χ0n) is 11.2. The fourth-order valence-electron chi connectivity index (χ4n) is 1.75. The largest absolute Gasteiger partial charge is 0.493 e. The summed E-state index contributed by atoms with van der Waals surface area (Å²) in [5.74, 6) is 2.36. The number of methoxy groups -OCH3 is 2. The van der Waals surface area contributed by atoms with Crippen molar-refractivity contribution in [2.75, 3.05) is 20.0 Å². The summed E-state index contributed by atoms with van der Waals surface area (Å²) < 4.78 is 16.4. The lowest BCUT2D eigenvalue weighted by molar-refractivity contribution is 0.345. The molecule has 2 N–H and O–H groups in total. The standard InChI is InChI=1S/C15H16NO3/c1-10-9-11(16)7-8-12(10)19-15-13(17-2)5-4-6-14(15)18-3/h5-9H,16H2,1-3H3. The highest BCUT2D eigenvalue weighted by Crippen LogP contribution is 2.40. The van der Waals surface area contributed by atoms with Crippen LogP contribution in [0.5, 0.6) is 23.0 Å². The number of ether oxygens (including phenoxy) is 3. The molecule has 99 valence electrons. The van der Waals surface area contributed by atoms with Gasteiger partial charge in [-0.05, 0) is 48.9 Å². The lowest BCUT2D eigenvalue weighted by Gasteiger charge is -2.15. The molecule has 0 fully saturated rings. The van der Waals surface area contributed by atoms with E-state index in [0.29, 0.717) is 28.7 Å². The topological polar surface area (TPSA) is 53.7 Å². The zero-order valence-corrected chi connectivity index (χ0v) is 11.2. The number of anilines is 1. The second-order valence-electron chi connectivity index (χ2n) is 4.05. The van der Waals surface area contributed by atoms with Gasteiger partial charge in [-0.25, -0.2) is 0 Å². The first-order valence-corrected chi connectivity index (χ1v) is 5.81. The number of hydrogen-bond acceptors (Lipinski definition) is 4. The van der Waals surface area contributed by atoms with E-state index in [-0.39, 0.29) is 0 Å². The number of hydrogen-bond donors (Lipinski definition) is 1. The fraction of sp³-hybridized carbons (Fsp3) is 0.200. The van der Waals surface area contributed by atoms with Crippen molar-refractivity contribution in [3.63, 3.8) is 0 Å². The predicted octanol–water partition coefficient (Wildman–Crippen LogP) is 3.19. The lowest BCUT2D eigenvalue weighted by atomic mass is 10.2. The highest BCUT2D eigenvalue weighted by atomic mass is 16.5. The molecule has 0 aromatic heterocycles. The van der Waals surface area contributed by atoms with Gasteiger partial charge >= 0.3 is 0 Å². The Bertz CT molecular complexity index is 559. The molecule has 19 heavy (non-hydrogen) atoms. The maximum absolute atomic E-state index is 5.88. The number of aryl methyl sites for hydroxylation is 1. The van der Waals surface area contributed by atoms with E-state index in [2.05, 4.69) is 6.07 Å². The fourth-order valence-corrected chi connectivity index (χ4v) is 1.75. The summed E-state index contributed by atoms with van der Waals surface area (Å²) in [4.78, 5) is 0. The molecule has 0 atom stereocenters. The van der Waals surface area contributed by atoms with E-state index in [9.17, 15) is 0 Å². The molecule has 0 saturated heterocycles. The van der Waals surface area contributed by atoms with E-state index in [1.807, 2.05) is 19.1 Å². The van der Waals surface area contributed by atoms with Gasteiger partial charge in [0.05, 0.1) is 14.2 Å². The van der Waals surface area contributed by atoms with E-state index in [0.717, 1.165) is 5.56 Å². The molecule has 0 aliphatic heterocycles. The van der Waals surface area contributed by atoms with E-state index < -0.39 is 0 Å². The Morgan fingerprint density at radius 3 is 2.16 bits per heavy atom. The Morgan fingerprint density at radius 2 is 1.63 bits per heavy atom. The van der Waals surface area contributed by atoms with Gasteiger partial charge in [-0.1, -0.05) is 0 Å². The van der Waals surface area contributed by atoms with Gasteiger partial charge in [0.15, 0.2) is 11.5 Å². The van der Waals surface area contributed by atoms with Crippen LogP contribution in [-0.4, -0.2) is 14.2 Å². The van der Waals surface area contributed by atoms with Crippen LogP contribution < -0.4 is 19.9 Å². The third-order valence-electron chi connectivity index (χ3n) is 2.73. The lowest BCUT2D eigenvalue weighted by Crippen LogP contribution is -1.96. The first-order chi connectivity index (χ1) is 9.15. The Balaban J connectivity index is 2.42. The molecule has 1 radical (unpaired) electrons. The van der Waals surface area contributed by atoms with Crippen LogP contribution in [0.15, 0.2) is 30.3 Å². The molecule has 2 aromatic rings. The average Bonchev–Trinajstić information content (AvgIpc) is 2.42.